The number of nitrogens with one attached hydrogen (secondary N) is 2. The number of hydrogen-bond donors (Lipinski definition) is 2. The number of hydrogen-bond acceptors (Lipinski definition) is 7. The number of aromatic nitrogens is 3. The minimum atomic E-state index is -1.02. The van der Waals surface area contributed by atoms with Gasteiger partial charge in [0.15, 0.2) is 5.75 Å². The van der Waals surface area contributed by atoms with Crippen molar-refractivity contribution in [2.24, 2.45) is 5.41 Å². The zero-order chi connectivity index (χ0) is 30.1. The van der Waals surface area contributed by atoms with Crippen molar-refractivity contribution < 1.29 is 18.7 Å². The van der Waals surface area contributed by atoms with Crippen LogP contribution in [0.5, 0.6) is 11.5 Å². The number of nitriles is 1. The Labute approximate surface area is 241 Å². The first-order valence-electron chi connectivity index (χ1n) is 13.0. The maximum atomic E-state index is 14.9. The van der Waals surface area contributed by atoms with Crippen LogP contribution >= 0.6 is 11.6 Å². The number of likely N-dealkylation sites (tertiary alicyclic amines) is 1. The molecule has 3 heterocycles. The Morgan fingerprint density at radius 3 is 2.63 bits per heavy atom. The molecule has 4 rings (SSSR count). The SMILES string of the molecule is Cc1cc(Oc2ccc(C(=O)N[C@H](C)C(=O)N3C(C(C)(C)C#N)CC[C@H]3c3cc(Cl)ccc3F)nc2C)c(=O)[nH]n1. The number of carbonyl (C=O) groups is 2. The van der Waals surface area contributed by atoms with Crippen molar-refractivity contribution in [2.75, 3.05) is 0 Å². The second kappa shape index (κ2) is 11.7. The van der Waals surface area contributed by atoms with Crippen LogP contribution in [0.3, 0.4) is 0 Å². The van der Waals surface area contributed by atoms with Crippen molar-refractivity contribution in [2.45, 2.75) is 65.6 Å². The van der Waals surface area contributed by atoms with Gasteiger partial charge in [-0.3, -0.25) is 14.4 Å². The van der Waals surface area contributed by atoms with E-state index >= 15 is 0 Å². The van der Waals surface area contributed by atoms with Crippen LogP contribution in [0.15, 0.2) is 41.2 Å². The topological polar surface area (TPSA) is 141 Å². The molecule has 1 aromatic carbocycles. The van der Waals surface area contributed by atoms with Gasteiger partial charge < -0.3 is 15.0 Å². The van der Waals surface area contributed by atoms with Crippen LogP contribution in [0.4, 0.5) is 4.39 Å². The van der Waals surface area contributed by atoms with Gasteiger partial charge >= 0.3 is 5.56 Å². The zero-order valence-corrected chi connectivity index (χ0v) is 24.0. The highest BCUT2D eigenvalue weighted by Gasteiger charge is 2.47. The van der Waals surface area contributed by atoms with E-state index in [1.807, 2.05) is 0 Å². The third-order valence-electron chi connectivity index (χ3n) is 7.18. The number of rotatable bonds is 7. The van der Waals surface area contributed by atoms with Gasteiger partial charge in [0.05, 0.1) is 35.0 Å². The van der Waals surface area contributed by atoms with Gasteiger partial charge in [-0.15, -0.1) is 0 Å². The smallest absolute Gasteiger partial charge is 0.307 e. The van der Waals surface area contributed by atoms with Crippen LogP contribution in [-0.4, -0.2) is 44.0 Å². The highest BCUT2D eigenvalue weighted by atomic mass is 35.5. The lowest BCUT2D eigenvalue weighted by atomic mass is 9.84. The Morgan fingerprint density at radius 2 is 1.95 bits per heavy atom. The minimum Gasteiger partial charge on any atom is -0.450 e. The molecule has 1 aliphatic heterocycles. The first kappa shape index (κ1) is 29.7. The van der Waals surface area contributed by atoms with Gasteiger partial charge in [0.2, 0.25) is 5.91 Å². The van der Waals surface area contributed by atoms with Crippen LogP contribution in [0.1, 0.15) is 67.1 Å². The summed E-state index contributed by atoms with van der Waals surface area (Å²) in [7, 11) is 0. The van der Waals surface area contributed by atoms with E-state index in [4.69, 9.17) is 16.3 Å². The van der Waals surface area contributed by atoms with Gasteiger partial charge in [-0.1, -0.05) is 11.6 Å². The maximum absolute atomic E-state index is 14.9. The molecule has 0 bridgehead atoms. The highest BCUT2D eigenvalue weighted by Crippen LogP contribution is 2.44. The number of aromatic amines is 1. The monoisotopic (exact) mass is 580 g/mol. The Morgan fingerprint density at radius 1 is 1.22 bits per heavy atom. The number of pyridine rings is 1. The van der Waals surface area contributed by atoms with Crippen LogP contribution in [-0.2, 0) is 4.79 Å². The predicted molar refractivity (Wildman–Crippen MR) is 149 cm³/mol. The lowest BCUT2D eigenvalue weighted by Gasteiger charge is -2.38. The fourth-order valence-corrected chi connectivity index (χ4v) is 5.17. The average Bonchev–Trinajstić information content (AvgIpc) is 3.38. The number of H-pyrrole nitrogens is 1. The maximum Gasteiger partial charge on any atom is 0.307 e. The lowest BCUT2D eigenvalue weighted by molar-refractivity contribution is -0.137. The van der Waals surface area contributed by atoms with Crippen LogP contribution in [0, 0.1) is 36.4 Å². The molecule has 1 fully saturated rings. The van der Waals surface area contributed by atoms with E-state index in [-0.39, 0.29) is 22.8 Å². The van der Waals surface area contributed by atoms with Gasteiger partial charge in [0.1, 0.15) is 23.3 Å². The van der Waals surface area contributed by atoms with Crippen molar-refractivity contribution in [3.8, 4) is 17.6 Å². The van der Waals surface area contributed by atoms with E-state index in [1.165, 1.54) is 48.2 Å². The second-order valence-corrected chi connectivity index (χ2v) is 11.1. The molecule has 10 nitrogen and oxygen atoms in total. The highest BCUT2D eigenvalue weighted by molar-refractivity contribution is 6.30. The van der Waals surface area contributed by atoms with Crippen molar-refractivity contribution in [1.82, 2.24) is 25.4 Å². The first-order valence-corrected chi connectivity index (χ1v) is 13.4. The first-order chi connectivity index (χ1) is 19.3. The molecular formula is C29H30ClFN6O4. The summed E-state index contributed by atoms with van der Waals surface area (Å²) in [6.45, 7) is 8.31. The molecule has 41 heavy (non-hydrogen) atoms. The number of amides is 2. The molecule has 3 atom stereocenters. The van der Waals surface area contributed by atoms with Gasteiger partial charge in [-0.25, -0.2) is 14.5 Å². The van der Waals surface area contributed by atoms with E-state index in [1.54, 1.807) is 27.7 Å². The summed E-state index contributed by atoms with van der Waals surface area (Å²) >= 11 is 6.14. The van der Waals surface area contributed by atoms with Crippen molar-refractivity contribution in [3.05, 3.63) is 80.2 Å². The molecule has 2 amide bonds. The number of benzene rings is 1. The average molecular weight is 581 g/mol. The standard InChI is InChI=1S/C29H30ClFN6O4/c1-15-12-24(27(39)36-35-15)41-23-10-8-21(33-16(23)2)26(38)34-17(3)28(40)37-22(9-11-25(37)29(4,5)14-32)19-13-18(30)6-7-20(19)31/h6-8,10,12-13,17,22,25H,9,11H2,1-5H3,(H,34,38)(H,36,39)/t17-,22+,25?/m1/s1. The van der Waals surface area contributed by atoms with E-state index in [0.717, 1.165) is 0 Å². The molecule has 0 saturated carbocycles. The Kier molecular flexibility index (Phi) is 8.44. The molecule has 1 unspecified atom stereocenters. The molecule has 12 heteroatoms. The van der Waals surface area contributed by atoms with E-state index in [9.17, 15) is 24.0 Å². The van der Waals surface area contributed by atoms with Gasteiger partial charge in [-0.05, 0) is 77.8 Å². The summed E-state index contributed by atoms with van der Waals surface area (Å²) in [6.07, 6.45) is 0.910. The zero-order valence-electron chi connectivity index (χ0n) is 23.3. The minimum absolute atomic E-state index is 0.0297. The summed E-state index contributed by atoms with van der Waals surface area (Å²) in [6, 6.07) is 8.65. The molecule has 0 aliphatic carbocycles. The fourth-order valence-electron chi connectivity index (χ4n) is 4.99. The van der Waals surface area contributed by atoms with Gasteiger partial charge in [0.25, 0.3) is 5.91 Å². The molecule has 1 saturated heterocycles. The summed E-state index contributed by atoms with van der Waals surface area (Å²) in [5.41, 5.74) is -0.248. The fraction of sp³-hybridized carbons (Fsp3) is 0.379. The number of ether oxygens (including phenoxy) is 1. The van der Waals surface area contributed by atoms with Crippen LogP contribution in [0.25, 0.3) is 0 Å². The Hall–Kier alpha value is -4.30. The summed E-state index contributed by atoms with van der Waals surface area (Å²) in [5.74, 6) is -1.27. The second-order valence-electron chi connectivity index (χ2n) is 10.6. The summed E-state index contributed by atoms with van der Waals surface area (Å²) < 4.78 is 20.5. The molecule has 2 N–H and O–H groups in total. The molecule has 0 spiro atoms. The largest absolute Gasteiger partial charge is 0.450 e. The normalized spacial score (nSPS) is 17.6. The quantitative estimate of drug-likeness (QED) is 0.410. The van der Waals surface area contributed by atoms with Crippen molar-refractivity contribution in [1.29, 1.82) is 5.26 Å². The molecule has 1 aliphatic rings. The number of nitrogens with zero attached hydrogens (tertiary/aromatic N) is 4. The van der Waals surface area contributed by atoms with E-state index in [2.05, 4.69) is 26.6 Å². The molecule has 3 aromatic rings. The lowest BCUT2D eigenvalue weighted by Crippen LogP contribution is -2.52. The van der Waals surface area contributed by atoms with E-state index < -0.39 is 46.7 Å². The molecule has 214 valence electrons. The van der Waals surface area contributed by atoms with Gasteiger partial charge in [0, 0.05) is 16.7 Å². The molecule has 0 radical (unpaired) electrons. The van der Waals surface area contributed by atoms with Crippen molar-refractivity contribution in [3.63, 3.8) is 0 Å². The summed E-state index contributed by atoms with van der Waals surface area (Å²) in [4.78, 5) is 44.7. The van der Waals surface area contributed by atoms with Crippen LogP contribution in [0.2, 0.25) is 5.02 Å². The van der Waals surface area contributed by atoms with Crippen LogP contribution < -0.4 is 15.6 Å². The number of carbonyl (C=O) groups excluding carboxylic acids is 2. The van der Waals surface area contributed by atoms with Crippen molar-refractivity contribution >= 4 is 23.4 Å². The molecule has 2 aromatic heterocycles. The Bertz CT molecular complexity index is 1600. The predicted octanol–water partition coefficient (Wildman–Crippen LogP) is 4.77. The number of aryl methyl sites for hydroxylation is 2. The summed E-state index contributed by atoms with van der Waals surface area (Å²) in [5, 5.41) is 19.0. The number of halogens is 2. The van der Waals surface area contributed by atoms with Gasteiger partial charge in [-0.2, -0.15) is 10.4 Å². The third-order valence-corrected chi connectivity index (χ3v) is 7.42. The van der Waals surface area contributed by atoms with E-state index in [0.29, 0.717) is 29.3 Å². The third kappa shape index (κ3) is 6.23. The molecular weight excluding hydrogens is 551 g/mol. The Balaban J connectivity index is 1.55.